The van der Waals surface area contributed by atoms with Crippen molar-refractivity contribution in [1.82, 2.24) is 4.57 Å². The number of aryl methyl sites for hydroxylation is 1. The number of anilines is 1. The maximum absolute atomic E-state index is 13.3. The first-order valence-corrected chi connectivity index (χ1v) is 11.7. The smallest absolute Gasteiger partial charge is 0.255 e. The summed E-state index contributed by atoms with van der Waals surface area (Å²) in [6.45, 7) is 1.92. The zero-order chi connectivity index (χ0) is 22.8. The largest absolute Gasteiger partial charge is 0.322 e. The minimum absolute atomic E-state index is 0.0201. The highest BCUT2D eigenvalue weighted by Gasteiger charge is 2.16. The summed E-state index contributed by atoms with van der Waals surface area (Å²) in [6.07, 6.45) is 0. The molecule has 33 heavy (non-hydrogen) atoms. The summed E-state index contributed by atoms with van der Waals surface area (Å²) in [6, 6.07) is 31.1. The highest BCUT2D eigenvalue weighted by atomic mass is 32.2. The molecule has 0 aliphatic rings. The van der Waals surface area contributed by atoms with Gasteiger partial charge in [-0.15, -0.1) is 11.8 Å². The molecule has 0 saturated carbocycles. The molecule has 0 bridgehead atoms. The van der Waals surface area contributed by atoms with Gasteiger partial charge in [0.1, 0.15) is 0 Å². The van der Waals surface area contributed by atoms with Gasteiger partial charge in [-0.2, -0.15) is 0 Å². The Bertz CT molecular complexity index is 1450. The van der Waals surface area contributed by atoms with E-state index in [9.17, 15) is 9.59 Å². The van der Waals surface area contributed by atoms with Gasteiger partial charge in [0, 0.05) is 26.9 Å². The number of nitrogens with one attached hydrogen (secondary N) is 1. The molecule has 1 aromatic heterocycles. The Morgan fingerprint density at radius 3 is 2.12 bits per heavy atom. The molecule has 0 aliphatic carbocycles. The van der Waals surface area contributed by atoms with E-state index < -0.39 is 0 Å². The van der Waals surface area contributed by atoms with Crippen molar-refractivity contribution >= 4 is 51.1 Å². The second kappa shape index (κ2) is 8.96. The number of carbonyl (C=O) groups is 2. The summed E-state index contributed by atoms with van der Waals surface area (Å²) in [7, 11) is 0. The van der Waals surface area contributed by atoms with E-state index >= 15 is 0 Å². The highest BCUT2D eigenvalue weighted by molar-refractivity contribution is 8.00. The minimum Gasteiger partial charge on any atom is -0.322 e. The number of rotatable bonds is 5. The summed E-state index contributed by atoms with van der Waals surface area (Å²) in [4.78, 5) is 26.8. The van der Waals surface area contributed by atoms with E-state index in [4.69, 9.17) is 0 Å². The van der Waals surface area contributed by atoms with Gasteiger partial charge >= 0.3 is 0 Å². The fraction of sp³-hybridized carbons (Fsp3) is 0.0714. The number of benzene rings is 4. The van der Waals surface area contributed by atoms with Gasteiger partial charge in [-0.25, -0.2) is 0 Å². The first-order valence-electron chi connectivity index (χ1n) is 10.7. The fourth-order valence-electron chi connectivity index (χ4n) is 4.09. The molecule has 1 heterocycles. The van der Waals surface area contributed by atoms with E-state index in [0.717, 1.165) is 32.3 Å². The van der Waals surface area contributed by atoms with Crippen molar-refractivity contribution in [3.05, 3.63) is 108 Å². The third-order valence-corrected chi connectivity index (χ3v) is 6.65. The molecule has 1 amide bonds. The molecule has 1 N–H and O–H groups in total. The van der Waals surface area contributed by atoms with Gasteiger partial charge in [-0.05, 0) is 48.9 Å². The van der Waals surface area contributed by atoms with Crippen molar-refractivity contribution in [2.75, 3.05) is 11.1 Å². The lowest BCUT2D eigenvalue weighted by Crippen LogP contribution is -2.13. The van der Waals surface area contributed by atoms with Crippen molar-refractivity contribution in [3.8, 4) is 0 Å². The number of amides is 1. The molecule has 162 valence electrons. The first-order chi connectivity index (χ1) is 16.1. The number of fused-ring (bicyclic) bond motifs is 3. The lowest BCUT2D eigenvalue weighted by molar-refractivity contribution is 0.0950. The summed E-state index contributed by atoms with van der Waals surface area (Å²) in [5, 5.41) is 5.11. The Kier molecular flexibility index (Phi) is 5.71. The third kappa shape index (κ3) is 4.15. The van der Waals surface area contributed by atoms with E-state index in [1.165, 1.54) is 11.8 Å². The molecular formula is C28H22N2O2S. The molecule has 5 aromatic rings. The molecule has 0 unspecified atom stereocenters. The topological polar surface area (TPSA) is 51.1 Å². The van der Waals surface area contributed by atoms with Crippen LogP contribution in [-0.4, -0.2) is 22.1 Å². The number of nitrogens with zero attached hydrogens (tertiary/aromatic N) is 1. The quantitative estimate of drug-likeness (QED) is 0.300. The molecule has 0 saturated heterocycles. The number of carbonyl (C=O) groups excluding carboxylic acids is 2. The van der Waals surface area contributed by atoms with Crippen LogP contribution in [0.25, 0.3) is 21.8 Å². The molecule has 4 nitrogen and oxygen atoms in total. The van der Waals surface area contributed by atoms with E-state index in [-0.39, 0.29) is 17.6 Å². The average molecular weight is 451 g/mol. The van der Waals surface area contributed by atoms with Crippen LogP contribution in [0.1, 0.15) is 20.7 Å². The van der Waals surface area contributed by atoms with Crippen LogP contribution in [0.3, 0.4) is 0 Å². The lowest BCUT2D eigenvalue weighted by atomic mass is 10.1. The Labute approximate surface area is 196 Å². The van der Waals surface area contributed by atoms with E-state index in [1.54, 1.807) is 0 Å². The number of thioether (sulfide) groups is 1. The summed E-state index contributed by atoms with van der Waals surface area (Å²) < 4.78 is 1.81. The van der Waals surface area contributed by atoms with Crippen LogP contribution in [0.15, 0.2) is 102 Å². The van der Waals surface area contributed by atoms with Gasteiger partial charge in [0.2, 0.25) is 5.91 Å². The number of para-hydroxylation sites is 2. The normalized spacial score (nSPS) is 11.1. The zero-order valence-corrected chi connectivity index (χ0v) is 18.9. The monoisotopic (exact) mass is 450 g/mol. The van der Waals surface area contributed by atoms with Crippen molar-refractivity contribution in [2.45, 2.75) is 11.8 Å². The van der Waals surface area contributed by atoms with Gasteiger partial charge in [0.05, 0.1) is 16.8 Å². The Balaban J connectivity index is 1.35. The summed E-state index contributed by atoms with van der Waals surface area (Å²) in [5.41, 5.74) is 4.12. The molecule has 0 aliphatic heterocycles. The average Bonchev–Trinajstić information content (AvgIpc) is 3.18. The molecule has 0 spiro atoms. The van der Waals surface area contributed by atoms with Crippen LogP contribution in [0, 0.1) is 6.92 Å². The second-order valence-electron chi connectivity index (χ2n) is 7.85. The Morgan fingerprint density at radius 1 is 0.788 bits per heavy atom. The molecule has 0 atom stereocenters. The molecule has 5 heteroatoms. The fourth-order valence-corrected chi connectivity index (χ4v) is 4.89. The third-order valence-electron chi connectivity index (χ3n) is 5.67. The second-order valence-corrected chi connectivity index (χ2v) is 8.90. The molecule has 0 radical (unpaired) electrons. The zero-order valence-electron chi connectivity index (χ0n) is 18.1. The Hall–Kier alpha value is -3.83. The van der Waals surface area contributed by atoms with Crippen LogP contribution < -0.4 is 5.32 Å². The van der Waals surface area contributed by atoms with E-state index in [2.05, 4.69) is 17.4 Å². The van der Waals surface area contributed by atoms with Crippen LogP contribution in [0.2, 0.25) is 0 Å². The summed E-state index contributed by atoms with van der Waals surface area (Å²) in [5.74, 6) is 0.168. The van der Waals surface area contributed by atoms with Crippen molar-refractivity contribution < 1.29 is 9.59 Å². The maximum atomic E-state index is 13.3. The standard InChI is InChI=1S/C28H22N2O2S/c1-19-9-2-3-12-22(19)28(32)29-20-10-8-11-21(17-20)33-18-27(31)30-25-15-6-4-13-23(25)24-14-5-7-16-26(24)30/h2-17H,18H2,1H3,(H,29,32). The van der Waals surface area contributed by atoms with Gasteiger partial charge in [0.25, 0.3) is 5.91 Å². The van der Waals surface area contributed by atoms with Crippen LogP contribution >= 0.6 is 11.8 Å². The number of hydrogen-bond acceptors (Lipinski definition) is 3. The number of hydrogen-bond donors (Lipinski definition) is 1. The molecule has 0 fully saturated rings. The van der Waals surface area contributed by atoms with Crippen molar-refractivity contribution in [1.29, 1.82) is 0 Å². The van der Waals surface area contributed by atoms with Crippen molar-refractivity contribution in [3.63, 3.8) is 0 Å². The van der Waals surface area contributed by atoms with Gasteiger partial charge < -0.3 is 5.32 Å². The predicted molar refractivity (Wildman–Crippen MR) is 136 cm³/mol. The SMILES string of the molecule is Cc1ccccc1C(=O)Nc1cccc(SCC(=O)n2c3ccccc3c3ccccc32)c1. The van der Waals surface area contributed by atoms with Crippen LogP contribution in [0.4, 0.5) is 5.69 Å². The van der Waals surface area contributed by atoms with Crippen molar-refractivity contribution in [2.24, 2.45) is 0 Å². The van der Waals surface area contributed by atoms with E-state index in [0.29, 0.717) is 11.3 Å². The maximum Gasteiger partial charge on any atom is 0.255 e. The predicted octanol–water partition coefficient (Wildman–Crippen LogP) is 6.79. The van der Waals surface area contributed by atoms with Crippen LogP contribution in [0.5, 0.6) is 0 Å². The molecule has 5 rings (SSSR count). The van der Waals surface area contributed by atoms with Gasteiger partial charge in [-0.3, -0.25) is 14.2 Å². The van der Waals surface area contributed by atoms with Gasteiger partial charge in [-0.1, -0.05) is 60.7 Å². The van der Waals surface area contributed by atoms with Gasteiger partial charge in [0.15, 0.2) is 0 Å². The van der Waals surface area contributed by atoms with E-state index in [1.807, 2.05) is 96.4 Å². The molecule has 4 aromatic carbocycles. The lowest BCUT2D eigenvalue weighted by Gasteiger charge is -2.10. The highest BCUT2D eigenvalue weighted by Crippen LogP contribution is 2.30. The first kappa shape index (κ1) is 21.0. The Morgan fingerprint density at radius 2 is 1.42 bits per heavy atom. The summed E-state index contributed by atoms with van der Waals surface area (Å²) >= 11 is 1.46. The number of aromatic nitrogens is 1. The minimum atomic E-state index is -0.142. The molecular weight excluding hydrogens is 428 g/mol. The van der Waals surface area contributed by atoms with Crippen LogP contribution in [-0.2, 0) is 0 Å².